The van der Waals surface area contributed by atoms with E-state index in [4.69, 9.17) is 0 Å². The van der Waals surface area contributed by atoms with Crippen molar-refractivity contribution in [3.05, 3.63) is 70.3 Å². The molecule has 0 N–H and O–H groups in total. The van der Waals surface area contributed by atoms with Crippen molar-refractivity contribution >= 4 is 50.1 Å². The minimum atomic E-state index is -3.96. The van der Waals surface area contributed by atoms with Gasteiger partial charge in [0.05, 0.1) is 10.6 Å². The number of likely N-dealkylation sites (N-methyl/N-ethyl adjacent to an activating group) is 2. The zero-order valence-corrected chi connectivity index (χ0v) is 17.1. The highest BCUT2D eigenvalue weighted by atomic mass is 127. The fourth-order valence-corrected chi connectivity index (χ4v) is 3.94. The molecule has 0 unspecified atom stereocenters. The molecule has 0 saturated heterocycles. The van der Waals surface area contributed by atoms with Crippen LogP contribution in [-0.4, -0.2) is 38.6 Å². The standard InChI is InChI=1S/C18H17IN2O4S/c1-20(16-11-7-6-10-15(16)19)17(22)12-13-18(23)21(2)26(24,25)14-8-4-3-5-9-14/h3-13H,1-2H3/b13-12+. The quantitative estimate of drug-likeness (QED) is 0.483. The second kappa shape index (κ2) is 8.45. The largest absolute Gasteiger partial charge is 0.311 e. The minimum Gasteiger partial charge on any atom is -0.311 e. The van der Waals surface area contributed by atoms with Gasteiger partial charge in [-0.1, -0.05) is 30.3 Å². The van der Waals surface area contributed by atoms with Crippen molar-refractivity contribution in [1.82, 2.24) is 4.31 Å². The molecule has 0 radical (unpaired) electrons. The molecule has 0 aliphatic carbocycles. The summed E-state index contributed by atoms with van der Waals surface area (Å²) in [6.07, 6.45) is 2.01. The average Bonchev–Trinajstić information content (AvgIpc) is 2.65. The van der Waals surface area contributed by atoms with E-state index in [9.17, 15) is 18.0 Å². The number of nitrogens with zero attached hydrogens (tertiary/aromatic N) is 2. The first-order chi connectivity index (χ1) is 12.2. The lowest BCUT2D eigenvalue weighted by molar-refractivity contribution is -0.121. The number of amides is 2. The fraction of sp³-hybridized carbons (Fsp3) is 0.111. The monoisotopic (exact) mass is 484 g/mol. The summed E-state index contributed by atoms with van der Waals surface area (Å²) in [5.41, 5.74) is 0.695. The van der Waals surface area contributed by atoms with Gasteiger partial charge in [-0.25, -0.2) is 12.7 Å². The van der Waals surface area contributed by atoms with Crippen LogP contribution in [0.15, 0.2) is 71.6 Å². The first-order valence-corrected chi connectivity index (χ1v) is 10.1. The predicted octanol–water partition coefficient (Wildman–Crippen LogP) is 2.66. The third-order valence-corrected chi connectivity index (χ3v) is 6.31. The molecule has 2 amide bonds. The Morgan fingerprint density at radius 1 is 0.885 bits per heavy atom. The number of hydrogen-bond acceptors (Lipinski definition) is 4. The number of carbonyl (C=O) groups is 2. The highest BCUT2D eigenvalue weighted by Gasteiger charge is 2.24. The van der Waals surface area contributed by atoms with Crippen LogP contribution in [0, 0.1) is 3.57 Å². The molecule has 0 fully saturated rings. The van der Waals surface area contributed by atoms with E-state index in [1.807, 2.05) is 12.1 Å². The lowest BCUT2D eigenvalue weighted by atomic mass is 10.3. The Balaban J connectivity index is 2.13. The van der Waals surface area contributed by atoms with E-state index >= 15 is 0 Å². The fourth-order valence-electron chi connectivity index (χ4n) is 2.07. The van der Waals surface area contributed by atoms with Crippen molar-refractivity contribution in [3.63, 3.8) is 0 Å². The maximum absolute atomic E-state index is 12.4. The third kappa shape index (κ3) is 4.50. The molecule has 0 bridgehead atoms. The summed E-state index contributed by atoms with van der Waals surface area (Å²) in [5, 5.41) is 0. The Bertz CT molecular complexity index is 943. The molecule has 6 nitrogen and oxygen atoms in total. The molecule has 26 heavy (non-hydrogen) atoms. The maximum atomic E-state index is 12.4. The van der Waals surface area contributed by atoms with Crippen LogP contribution in [0.4, 0.5) is 5.69 Å². The number of sulfonamides is 1. The van der Waals surface area contributed by atoms with Gasteiger partial charge in [-0.3, -0.25) is 9.59 Å². The van der Waals surface area contributed by atoms with Crippen LogP contribution in [0.3, 0.4) is 0 Å². The summed E-state index contributed by atoms with van der Waals surface area (Å²) in [4.78, 5) is 25.8. The van der Waals surface area contributed by atoms with E-state index < -0.39 is 21.8 Å². The summed E-state index contributed by atoms with van der Waals surface area (Å²) in [5.74, 6) is -1.24. The van der Waals surface area contributed by atoms with Crippen molar-refractivity contribution < 1.29 is 18.0 Å². The van der Waals surface area contributed by atoms with Crippen LogP contribution in [0.25, 0.3) is 0 Å². The molecule has 0 aromatic heterocycles. The molecule has 2 aromatic rings. The Morgan fingerprint density at radius 2 is 1.42 bits per heavy atom. The van der Waals surface area contributed by atoms with E-state index in [1.54, 1.807) is 37.4 Å². The van der Waals surface area contributed by atoms with Crippen molar-refractivity contribution in [2.45, 2.75) is 4.90 Å². The van der Waals surface area contributed by atoms with Gasteiger partial charge in [-0.15, -0.1) is 0 Å². The van der Waals surface area contributed by atoms with Crippen molar-refractivity contribution in [2.75, 3.05) is 19.0 Å². The number of para-hydroxylation sites is 1. The van der Waals surface area contributed by atoms with Crippen LogP contribution < -0.4 is 4.90 Å². The number of benzene rings is 2. The lowest BCUT2D eigenvalue weighted by Gasteiger charge is -2.17. The Kier molecular flexibility index (Phi) is 6.54. The van der Waals surface area contributed by atoms with Crippen molar-refractivity contribution in [1.29, 1.82) is 0 Å². The van der Waals surface area contributed by atoms with E-state index in [0.717, 1.165) is 22.8 Å². The van der Waals surface area contributed by atoms with Crippen LogP contribution in [0.2, 0.25) is 0 Å². The van der Waals surface area contributed by atoms with E-state index in [2.05, 4.69) is 22.6 Å². The van der Waals surface area contributed by atoms with E-state index in [1.165, 1.54) is 17.0 Å². The summed E-state index contributed by atoms with van der Waals surface area (Å²) >= 11 is 2.11. The van der Waals surface area contributed by atoms with E-state index in [-0.39, 0.29) is 4.90 Å². The molecule has 0 saturated carbocycles. The van der Waals surface area contributed by atoms with Gasteiger partial charge in [0.25, 0.3) is 21.8 Å². The molecule has 8 heteroatoms. The average molecular weight is 484 g/mol. The molecule has 0 aliphatic heterocycles. The van der Waals surface area contributed by atoms with Gasteiger partial charge in [0.2, 0.25) is 0 Å². The Morgan fingerprint density at radius 3 is 2.04 bits per heavy atom. The van der Waals surface area contributed by atoms with Crippen molar-refractivity contribution in [2.24, 2.45) is 0 Å². The molecular weight excluding hydrogens is 467 g/mol. The SMILES string of the molecule is CN(C(=O)/C=C/C(=O)N(C)S(=O)(=O)c1ccccc1)c1ccccc1I. The zero-order valence-electron chi connectivity index (χ0n) is 14.2. The van der Waals surface area contributed by atoms with Gasteiger partial charge in [0.1, 0.15) is 0 Å². The molecular formula is C18H17IN2O4S. The number of rotatable bonds is 5. The number of carbonyl (C=O) groups excluding carboxylic acids is 2. The summed E-state index contributed by atoms with van der Waals surface area (Å²) < 4.78 is 26.3. The lowest BCUT2D eigenvalue weighted by Crippen LogP contribution is -2.32. The van der Waals surface area contributed by atoms with Crippen molar-refractivity contribution in [3.8, 4) is 0 Å². The summed E-state index contributed by atoms with van der Waals surface area (Å²) in [7, 11) is -1.22. The molecule has 136 valence electrons. The predicted molar refractivity (Wildman–Crippen MR) is 108 cm³/mol. The van der Waals surface area contributed by atoms with Crippen LogP contribution >= 0.6 is 22.6 Å². The van der Waals surface area contributed by atoms with Gasteiger partial charge >= 0.3 is 0 Å². The first kappa shape index (κ1) is 20.1. The topological polar surface area (TPSA) is 74.8 Å². The third-order valence-electron chi connectivity index (χ3n) is 3.62. The smallest absolute Gasteiger partial charge is 0.266 e. The molecule has 2 aromatic carbocycles. The molecule has 2 rings (SSSR count). The zero-order chi connectivity index (χ0) is 19.3. The second-order valence-corrected chi connectivity index (χ2v) is 8.44. The van der Waals surface area contributed by atoms with Gasteiger partial charge in [-0.05, 0) is 46.9 Å². The van der Waals surface area contributed by atoms with Gasteiger partial charge in [-0.2, -0.15) is 0 Å². The highest BCUT2D eigenvalue weighted by Crippen LogP contribution is 2.21. The van der Waals surface area contributed by atoms with Gasteiger partial charge in [0, 0.05) is 29.8 Å². The van der Waals surface area contributed by atoms with Crippen LogP contribution in [-0.2, 0) is 19.6 Å². The van der Waals surface area contributed by atoms with Gasteiger partial charge in [0.15, 0.2) is 0 Å². The first-order valence-electron chi connectivity index (χ1n) is 7.53. The van der Waals surface area contributed by atoms with Crippen LogP contribution in [0.1, 0.15) is 0 Å². The number of anilines is 1. The molecule has 0 heterocycles. The number of hydrogen-bond donors (Lipinski definition) is 0. The molecule has 0 spiro atoms. The highest BCUT2D eigenvalue weighted by molar-refractivity contribution is 14.1. The van der Waals surface area contributed by atoms with E-state index in [0.29, 0.717) is 9.99 Å². The summed E-state index contributed by atoms with van der Waals surface area (Å²) in [6, 6.07) is 14.9. The van der Waals surface area contributed by atoms with Gasteiger partial charge < -0.3 is 4.90 Å². The minimum absolute atomic E-state index is 0.00605. The summed E-state index contributed by atoms with van der Waals surface area (Å²) in [6.45, 7) is 0. The van der Waals surface area contributed by atoms with Crippen LogP contribution in [0.5, 0.6) is 0 Å². The molecule has 0 atom stereocenters. The Hall–Kier alpha value is -2.20. The number of halogens is 1. The Labute approximate surface area is 166 Å². The normalized spacial score (nSPS) is 11.3. The molecule has 0 aliphatic rings. The second-order valence-electron chi connectivity index (χ2n) is 5.31. The maximum Gasteiger partial charge on any atom is 0.266 e.